The number of benzene rings is 1. The lowest BCUT2D eigenvalue weighted by molar-refractivity contribution is 0.111. The number of aliphatic hydroxyl groups is 2. The maximum absolute atomic E-state index is 13.5. The topological polar surface area (TPSA) is 188 Å². The summed E-state index contributed by atoms with van der Waals surface area (Å²) < 4.78 is 4.86. The van der Waals surface area contributed by atoms with Crippen molar-refractivity contribution in [2.24, 2.45) is 0 Å². The quantitative estimate of drug-likeness (QED) is 0.231. The summed E-state index contributed by atoms with van der Waals surface area (Å²) in [6.45, 7) is 0. The zero-order chi connectivity index (χ0) is 26.5. The van der Waals surface area contributed by atoms with Gasteiger partial charge in [0.1, 0.15) is 22.7 Å². The van der Waals surface area contributed by atoms with Gasteiger partial charge in [-0.3, -0.25) is 28.8 Å². The highest BCUT2D eigenvalue weighted by atomic mass is 16.5. The van der Waals surface area contributed by atoms with Gasteiger partial charge in [0.25, 0.3) is 5.56 Å². The van der Waals surface area contributed by atoms with E-state index in [0.29, 0.717) is 11.8 Å². The molecule has 0 aliphatic heterocycles. The molecular formula is C26H15NO10. The van der Waals surface area contributed by atoms with Crippen LogP contribution in [0.1, 0.15) is 28.0 Å². The van der Waals surface area contributed by atoms with Crippen LogP contribution in [0.5, 0.6) is 11.5 Å². The predicted octanol–water partition coefficient (Wildman–Crippen LogP) is -1.67. The van der Waals surface area contributed by atoms with Crippen LogP contribution < -0.4 is 42.4 Å². The van der Waals surface area contributed by atoms with Crippen molar-refractivity contribution >= 4 is 28.6 Å². The first-order chi connectivity index (χ1) is 17.6. The number of hydrogen-bond donors (Lipinski definition) is 4. The van der Waals surface area contributed by atoms with Gasteiger partial charge in [0.05, 0.1) is 39.1 Å². The Morgan fingerprint density at radius 3 is 2.16 bits per heavy atom. The molecule has 1 heterocycles. The number of fused-ring (bicyclic) bond motifs is 4. The van der Waals surface area contributed by atoms with Crippen LogP contribution in [0.3, 0.4) is 0 Å². The van der Waals surface area contributed by atoms with Crippen molar-refractivity contribution in [2.75, 3.05) is 7.11 Å². The van der Waals surface area contributed by atoms with Gasteiger partial charge in [-0.1, -0.05) is 6.07 Å². The number of nitrogens with one attached hydrogen (secondary N) is 1. The van der Waals surface area contributed by atoms with Crippen LogP contribution in [0.25, 0.3) is 22.3 Å². The van der Waals surface area contributed by atoms with Gasteiger partial charge in [-0.05, 0) is 29.9 Å². The zero-order valence-corrected chi connectivity index (χ0v) is 18.9. The summed E-state index contributed by atoms with van der Waals surface area (Å²) >= 11 is 0. The number of phenols is 1. The largest absolute Gasteiger partial charge is 0.510 e. The number of H-pyrrole nitrogens is 1. The normalized spacial score (nSPS) is 18.1. The second kappa shape index (κ2) is 7.00. The first-order valence-corrected chi connectivity index (χ1v) is 11.0. The number of aliphatic hydroxyl groups excluding tert-OH is 2. The smallest absolute Gasteiger partial charge is 0.260 e. The number of aromatic nitrogens is 1. The van der Waals surface area contributed by atoms with E-state index < -0.39 is 76.6 Å². The first kappa shape index (κ1) is 22.4. The maximum Gasteiger partial charge on any atom is 0.260 e. The van der Waals surface area contributed by atoms with Gasteiger partial charge in [-0.2, -0.15) is 0 Å². The monoisotopic (exact) mass is 501 g/mol. The molecule has 1 aromatic heterocycles. The van der Waals surface area contributed by atoms with Crippen LogP contribution >= 0.6 is 0 Å². The van der Waals surface area contributed by atoms with Gasteiger partial charge in [-0.25, -0.2) is 0 Å². The van der Waals surface area contributed by atoms with Crippen LogP contribution in [0.4, 0.5) is 0 Å². The fourth-order valence-electron chi connectivity index (χ4n) is 5.83. The van der Waals surface area contributed by atoms with Crippen molar-refractivity contribution in [1.29, 1.82) is 0 Å². The number of hydrogen-bond acceptors (Lipinski definition) is 10. The molecule has 37 heavy (non-hydrogen) atoms. The number of aryl methyl sites for hydroxylation is 1. The molecule has 4 aliphatic rings. The summed E-state index contributed by atoms with van der Waals surface area (Å²) in [4.78, 5) is 78.5. The second-order valence-electron chi connectivity index (χ2n) is 9.06. The average molecular weight is 501 g/mol. The number of methoxy groups -OCH3 is 1. The van der Waals surface area contributed by atoms with Crippen molar-refractivity contribution in [3.8, 4) is 11.5 Å². The van der Waals surface area contributed by atoms with Crippen molar-refractivity contribution in [1.82, 2.24) is 4.98 Å². The summed E-state index contributed by atoms with van der Waals surface area (Å²) in [5.41, 5.74) is -6.79. The third kappa shape index (κ3) is 2.45. The van der Waals surface area contributed by atoms with Crippen LogP contribution in [-0.4, -0.2) is 33.7 Å². The van der Waals surface area contributed by atoms with E-state index in [-0.39, 0.29) is 34.9 Å². The van der Waals surface area contributed by atoms with Gasteiger partial charge >= 0.3 is 0 Å². The Bertz CT molecular complexity index is 2240. The number of carbonyl (C=O) groups is 1. The number of carbonyl (C=O) groups excluding carboxylic acids is 1. The Balaban J connectivity index is 1.84. The Hall–Kier alpha value is -5.06. The minimum absolute atomic E-state index is 0.0300. The third-order valence-electron chi connectivity index (χ3n) is 7.40. The zero-order valence-electron chi connectivity index (χ0n) is 18.9. The number of aromatic amines is 1. The lowest BCUT2D eigenvalue weighted by Gasteiger charge is -2.27. The van der Waals surface area contributed by atoms with Crippen LogP contribution in [0.2, 0.25) is 0 Å². The predicted molar refractivity (Wildman–Crippen MR) is 129 cm³/mol. The summed E-state index contributed by atoms with van der Waals surface area (Å²) in [6, 6.07) is 3.63. The Morgan fingerprint density at radius 1 is 0.892 bits per heavy atom. The molecule has 184 valence electrons. The summed E-state index contributed by atoms with van der Waals surface area (Å²) in [6.07, 6.45) is 0.461. The van der Waals surface area contributed by atoms with Gasteiger partial charge < -0.3 is 25.0 Å². The highest BCUT2D eigenvalue weighted by Crippen LogP contribution is 2.54. The van der Waals surface area contributed by atoms with E-state index in [1.165, 1.54) is 12.1 Å². The highest BCUT2D eigenvalue weighted by molar-refractivity contribution is 5.95. The average Bonchev–Trinajstić information content (AvgIpc) is 3.35. The first-order valence-electron chi connectivity index (χ1n) is 11.0. The van der Waals surface area contributed by atoms with E-state index in [9.17, 15) is 44.1 Å². The molecule has 0 bridgehead atoms. The number of rotatable bonds is 2. The van der Waals surface area contributed by atoms with Crippen molar-refractivity contribution < 1.29 is 24.9 Å². The van der Waals surface area contributed by atoms with Crippen LogP contribution in [0.15, 0.2) is 42.2 Å². The molecule has 11 nitrogen and oxygen atoms in total. The molecule has 1 spiro atoms. The molecule has 0 radical (unpaired) electrons. The minimum atomic E-state index is -1.97. The number of ether oxygens (including phenoxy) is 1. The number of aldehydes is 1. The molecule has 0 amide bonds. The molecule has 2 aromatic rings. The van der Waals surface area contributed by atoms with E-state index in [2.05, 4.69) is 4.98 Å². The molecule has 0 saturated heterocycles. The summed E-state index contributed by atoms with van der Waals surface area (Å²) in [7, 11) is 1.11. The summed E-state index contributed by atoms with van der Waals surface area (Å²) in [5, 5.41) is 31.1. The van der Waals surface area contributed by atoms with Crippen molar-refractivity contribution in [3.05, 3.63) is 107 Å². The molecule has 0 fully saturated rings. The second-order valence-corrected chi connectivity index (χ2v) is 9.06. The molecule has 11 heteroatoms. The molecule has 1 atom stereocenters. The van der Waals surface area contributed by atoms with Crippen molar-refractivity contribution in [3.63, 3.8) is 0 Å². The molecule has 6 rings (SSSR count). The van der Waals surface area contributed by atoms with Gasteiger partial charge in [0, 0.05) is 11.6 Å². The van der Waals surface area contributed by atoms with Crippen molar-refractivity contribution in [2.45, 2.75) is 18.3 Å². The lowest BCUT2D eigenvalue weighted by Crippen LogP contribution is -2.51. The van der Waals surface area contributed by atoms with E-state index in [1.807, 2.05) is 0 Å². The lowest BCUT2D eigenvalue weighted by atomic mass is 9.78. The SMILES string of the molecule is COc1cc(=O)c2c(=O)c3c(c(=O)c=2c1=O)=C(O)C1(CCc2cc4cc(C=O)[nH]c(=O)c4c(O)c21)C=3O. The Morgan fingerprint density at radius 2 is 1.54 bits per heavy atom. The van der Waals surface area contributed by atoms with Crippen LogP contribution in [0, 0.1) is 10.4 Å². The Labute approximate surface area is 202 Å². The van der Waals surface area contributed by atoms with E-state index in [0.717, 1.165) is 13.2 Å². The molecule has 4 N–H and O–H groups in total. The van der Waals surface area contributed by atoms with E-state index in [1.54, 1.807) is 0 Å². The molecular weight excluding hydrogens is 486 g/mol. The highest BCUT2D eigenvalue weighted by Gasteiger charge is 2.53. The fourth-order valence-corrected chi connectivity index (χ4v) is 5.83. The van der Waals surface area contributed by atoms with Crippen LogP contribution in [-0.2, 0) is 11.8 Å². The molecule has 1 aromatic carbocycles. The van der Waals surface area contributed by atoms with Gasteiger partial charge in [0.15, 0.2) is 17.5 Å². The molecule has 1 unspecified atom stereocenters. The third-order valence-corrected chi connectivity index (χ3v) is 7.40. The standard InChI is InChI=1S/C26H15NO10/c1-37-12-6-11(29)14-15(19(12)30)21(32)17-16(20(14)31)23(34)26(24(17)35)3-2-8-4-9-5-10(7-28)27-25(36)13(9)22(33)18(8)26/h4-7,33-35H,2-3H2,1H3,(H,27,36). The van der Waals surface area contributed by atoms with E-state index in [4.69, 9.17) is 4.74 Å². The molecule has 0 saturated carbocycles. The number of pyridine rings is 1. The van der Waals surface area contributed by atoms with Gasteiger partial charge in [0.2, 0.25) is 16.3 Å². The number of phenolic OH excluding ortho intramolecular Hbond substituents is 1. The molecule has 4 aliphatic carbocycles. The maximum atomic E-state index is 13.5. The Kier molecular flexibility index (Phi) is 4.24. The fraction of sp³-hybridized carbons (Fsp3) is 0.154. The summed E-state index contributed by atoms with van der Waals surface area (Å²) in [5.74, 6) is -2.64. The van der Waals surface area contributed by atoms with Gasteiger partial charge in [-0.15, -0.1) is 0 Å². The minimum Gasteiger partial charge on any atom is -0.510 e. The van der Waals surface area contributed by atoms with E-state index >= 15 is 0 Å². The number of aromatic hydroxyl groups is 1.